The number of fused-ring (bicyclic) bond motifs is 1. The van der Waals surface area contributed by atoms with Gasteiger partial charge in [-0.15, -0.1) is 13.2 Å². The number of rotatable bonds is 7. The number of hydrogen-bond donors (Lipinski definition) is 1. The quantitative estimate of drug-likeness (QED) is 0.200. The smallest absolute Gasteiger partial charge is 0.405 e. The fourth-order valence-electron chi connectivity index (χ4n) is 5.10. The number of pyridine rings is 1. The van der Waals surface area contributed by atoms with Crippen molar-refractivity contribution in [2.45, 2.75) is 50.6 Å². The van der Waals surface area contributed by atoms with Crippen LogP contribution in [0.15, 0.2) is 48.9 Å². The molecule has 18 heteroatoms. The van der Waals surface area contributed by atoms with Gasteiger partial charge in [0.25, 0.3) is 0 Å². The molecule has 0 aliphatic heterocycles. The van der Waals surface area contributed by atoms with Crippen molar-refractivity contribution in [2.24, 2.45) is 7.05 Å². The summed E-state index contributed by atoms with van der Waals surface area (Å²) in [5.41, 5.74) is -1.25. The van der Waals surface area contributed by atoms with Gasteiger partial charge in [-0.25, -0.2) is 15.0 Å². The van der Waals surface area contributed by atoms with Crippen molar-refractivity contribution in [2.75, 3.05) is 0 Å². The SMILES string of the molecule is Cn1cc(C(F)(F)F)nc1-c1ccc(Cn2c(=N)n(CC(F)(F)F)c3cnc(-c4c(OC(F)(F)F)ccnc4C4CC4)nc32)cc1. The highest BCUT2D eigenvalue weighted by Crippen LogP contribution is 2.46. The van der Waals surface area contributed by atoms with Crippen molar-refractivity contribution in [3.63, 3.8) is 0 Å². The fourth-order valence-corrected chi connectivity index (χ4v) is 5.10. The lowest BCUT2D eigenvalue weighted by Gasteiger charge is -2.15. The second-order valence-corrected chi connectivity index (χ2v) is 10.7. The van der Waals surface area contributed by atoms with Gasteiger partial charge in [0.05, 0.1) is 24.0 Å². The van der Waals surface area contributed by atoms with Crippen LogP contribution in [-0.2, 0) is 26.3 Å². The number of aromatic nitrogens is 7. The van der Waals surface area contributed by atoms with E-state index in [4.69, 9.17) is 5.41 Å². The minimum absolute atomic E-state index is 0.0201. The Morgan fingerprint density at radius 1 is 0.913 bits per heavy atom. The van der Waals surface area contributed by atoms with Gasteiger partial charge in [-0.05, 0) is 24.5 Å². The topological polar surface area (TPSA) is 99.4 Å². The molecule has 1 aliphatic carbocycles. The Bertz CT molecular complexity index is 1980. The number of hydrogen-bond acceptors (Lipinski definition) is 6. The van der Waals surface area contributed by atoms with E-state index in [9.17, 15) is 39.5 Å². The van der Waals surface area contributed by atoms with Crippen LogP contribution in [0.1, 0.15) is 35.7 Å². The lowest BCUT2D eigenvalue weighted by atomic mass is 10.1. The van der Waals surface area contributed by atoms with Gasteiger partial charge < -0.3 is 9.30 Å². The molecule has 242 valence electrons. The first-order chi connectivity index (χ1) is 21.5. The summed E-state index contributed by atoms with van der Waals surface area (Å²) in [4.78, 5) is 16.3. The molecule has 1 saturated carbocycles. The first-order valence-corrected chi connectivity index (χ1v) is 13.5. The van der Waals surface area contributed by atoms with E-state index < -0.39 is 42.3 Å². The number of aryl methyl sites for hydroxylation is 1. The fraction of sp³-hybridized carbons (Fsp3) is 0.321. The van der Waals surface area contributed by atoms with Crippen LogP contribution in [-0.4, -0.2) is 46.2 Å². The average molecular weight is 657 g/mol. The Balaban J connectivity index is 1.44. The summed E-state index contributed by atoms with van der Waals surface area (Å²) in [7, 11) is 1.39. The van der Waals surface area contributed by atoms with E-state index in [2.05, 4.69) is 24.7 Å². The van der Waals surface area contributed by atoms with Crippen molar-refractivity contribution >= 4 is 11.2 Å². The first kappa shape index (κ1) is 31.1. The van der Waals surface area contributed by atoms with E-state index in [1.165, 1.54) is 35.9 Å². The summed E-state index contributed by atoms with van der Waals surface area (Å²) >= 11 is 0. The molecule has 0 atom stereocenters. The van der Waals surface area contributed by atoms with E-state index in [0.717, 1.165) is 29.2 Å². The lowest BCUT2D eigenvalue weighted by molar-refractivity contribution is -0.274. The van der Waals surface area contributed by atoms with Crippen LogP contribution < -0.4 is 10.4 Å². The Morgan fingerprint density at radius 3 is 2.20 bits per heavy atom. The van der Waals surface area contributed by atoms with Crippen LogP contribution >= 0.6 is 0 Å². The van der Waals surface area contributed by atoms with Crippen LogP contribution in [0.3, 0.4) is 0 Å². The van der Waals surface area contributed by atoms with Gasteiger partial charge in [-0.2, -0.15) is 26.3 Å². The number of nitrogens with zero attached hydrogens (tertiary/aromatic N) is 7. The molecule has 0 unspecified atom stereocenters. The molecule has 5 aromatic rings. The summed E-state index contributed by atoms with van der Waals surface area (Å²) in [6.45, 7) is -1.79. The Morgan fingerprint density at radius 2 is 1.61 bits per heavy atom. The molecule has 0 amide bonds. The highest BCUT2D eigenvalue weighted by atomic mass is 19.4. The highest BCUT2D eigenvalue weighted by Gasteiger charge is 2.37. The van der Waals surface area contributed by atoms with Crippen molar-refractivity contribution in [3.05, 3.63) is 71.5 Å². The molecule has 9 nitrogen and oxygen atoms in total. The van der Waals surface area contributed by atoms with Gasteiger partial charge in [0.1, 0.15) is 23.6 Å². The number of halogens is 9. The molecule has 0 radical (unpaired) electrons. The molecule has 1 aliphatic rings. The van der Waals surface area contributed by atoms with Crippen LogP contribution in [0, 0.1) is 5.41 Å². The molecule has 0 spiro atoms. The average Bonchev–Trinajstić information content (AvgIpc) is 3.68. The van der Waals surface area contributed by atoms with Gasteiger partial charge in [0.15, 0.2) is 17.2 Å². The van der Waals surface area contributed by atoms with Gasteiger partial charge in [0, 0.05) is 30.9 Å². The molecule has 0 saturated heterocycles. The zero-order chi connectivity index (χ0) is 33.2. The summed E-state index contributed by atoms with van der Waals surface area (Å²) in [6.07, 6.45) is -10.2. The minimum Gasteiger partial charge on any atom is -0.405 e. The summed E-state index contributed by atoms with van der Waals surface area (Å²) in [6, 6.07) is 6.92. The number of ether oxygens (including phenoxy) is 1. The lowest BCUT2D eigenvalue weighted by Crippen LogP contribution is -2.30. The molecule has 46 heavy (non-hydrogen) atoms. The number of benzene rings is 1. The third kappa shape index (κ3) is 6.28. The predicted molar refractivity (Wildman–Crippen MR) is 142 cm³/mol. The maximum Gasteiger partial charge on any atom is 0.573 e. The van der Waals surface area contributed by atoms with Crippen LogP contribution in [0.25, 0.3) is 33.9 Å². The normalized spacial score (nSPS) is 14.3. The molecule has 4 heterocycles. The molecule has 6 rings (SSSR count). The van der Waals surface area contributed by atoms with E-state index in [0.29, 0.717) is 28.5 Å². The third-order valence-corrected chi connectivity index (χ3v) is 7.22. The Kier molecular flexibility index (Phi) is 7.35. The van der Waals surface area contributed by atoms with Crippen LogP contribution in [0.2, 0.25) is 0 Å². The zero-order valence-electron chi connectivity index (χ0n) is 23.5. The van der Waals surface area contributed by atoms with Crippen molar-refractivity contribution < 1.29 is 44.3 Å². The maximum atomic E-state index is 13.5. The molecule has 1 N–H and O–H groups in total. The maximum absolute atomic E-state index is 13.5. The van der Waals surface area contributed by atoms with E-state index in [1.807, 2.05) is 0 Å². The summed E-state index contributed by atoms with van der Waals surface area (Å²) in [5.74, 6) is -1.09. The van der Waals surface area contributed by atoms with E-state index >= 15 is 0 Å². The monoisotopic (exact) mass is 656 g/mol. The molecule has 1 aromatic carbocycles. The standard InChI is InChI=1S/C28H21F9N8O/c1-43-12-19(27(32,33)34)41-23(43)16-4-2-14(3-5-16)11-44-24-17(45(25(44)38)13-26(29,30)31)10-40-22(42-24)20-18(46-28(35,36)37)8-9-39-21(20)15-6-7-15/h2-5,8-10,12,15,38H,6-7,11,13H2,1H3. The van der Waals surface area contributed by atoms with Gasteiger partial charge in [0.2, 0.25) is 5.62 Å². The van der Waals surface area contributed by atoms with E-state index in [1.54, 1.807) is 0 Å². The Hall–Kier alpha value is -4.90. The number of nitrogens with one attached hydrogen (secondary N) is 1. The van der Waals surface area contributed by atoms with Crippen LogP contribution in [0.4, 0.5) is 39.5 Å². The van der Waals surface area contributed by atoms with Crippen molar-refractivity contribution in [3.8, 4) is 28.5 Å². The Labute approximate surface area is 252 Å². The van der Waals surface area contributed by atoms with Crippen molar-refractivity contribution in [1.82, 2.24) is 33.6 Å². The number of alkyl halides is 9. The summed E-state index contributed by atoms with van der Waals surface area (Å²) in [5, 5.41) is 8.58. The minimum atomic E-state index is -5.07. The van der Waals surface area contributed by atoms with Crippen molar-refractivity contribution in [1.29, 1.82) is 5.41 Å². The van der Waals surface area contributed by atoms with Crippen LogP contribution in [0.5, 0.6) is 5.75 Å². The highest BCUT2D eigenvalue weighted by molar-refractivity contribution is 5.76. The second kappa shape index (κ2) is 10.9. The number of imidazole rings is 2. The molecule has 0 bridgehead atoms. The van der Waals surface area contributed by atoms with Gasteiger partial charge in [-0.3, -0.25) is 19.5 Å². The first-order valence-electron chi connectivity index (χ1n) is 13.5. The van der Waals surface area contributed by atoms with E-state index in [-0.39, 0.29) is 46.5 Å². The predicted octanol–water partition coefficient (Wildman–Crippen LogP) is 6.58. The summed E-state index contributed by atoms with van der Waals surface area (Å²) < 4.78 is 127. The molecule has 4 aromatic heterocycles. The molecular weight excluding hydrogens is 635 g/mol. The van der Waals surface area contributed by atoms with Gasteiger partial charge in [-0.1, -0.05) is 24.3 Å². The zero-order valence-corrected chi connectivity index (χ0v) is 23.5. The third-order valence-electron chi connectivity index (χ3n) is 7.22. The molecule has 1 fully saturated rings. The van der Waals surface area contributed by atoms with Gasteiger partial charge >= 0.3 is 18.7 Å². The molecular formula is C28H21F9N8O. The largest absolute Gasteiger partial charge is 0.573 e. The second-order valence-electron chi connectivity index (χ2n) is 10.7.